The third kappa shape index (κ3) is 2.03. The van der Waals surface area contributed by atoms with E-state index in [9.17, 15) is 0 Å². The second-order valence-corrected chi connectivity index (χ2v) is 32.2. The molecule has 0 aromatic heterocycles. The van der Waals surface area contributed by atoms with Gasteiger partial charge in [0.05, 0.1) is 0 Å². The standard InChI is InChI=1S/C65H20.C6H15P.CO.CH3.Ru/c1-61-46-36-26-16-11-6-7-9-10-8(6)13-20-18(11)28(26)38-40-30(20)32-22(13)24-15(10)25-23-14(9)21-19-12(7)17(16)27-29(19)39-41-31(21)33(23)43-45-35(25)34(24)44-42(32)52-50(40)62(2,48(38)46)57-56(61)58-60-59(57)64(52,4)54(44)55(45)65(60,5)53(43)51(41)63(58,3)49(39)47(61)37(27)36;1-4-7(5-2)6-3;1-2;;/h56-60H,1-5H3;4-6H2,1-3H3;;1H3;/q;;;-1;+2. The molecule has 0 atom stereocenters. The van der Waals surface area contributed by atoms with E-state index >= 15 is 0 Å². The van der Waals surface area contributed by atoms with E-state index in [0.29, 0.717) is 37.5 Å². The van der Waals surface area contributed by atoms with Crippen LogP contribution in [-0.2, 0) is 51.2 Å². The van der Waals surface area contributed by atoms with Gasteiger partial charge < -0.3 is 7.43 Å². The average Bonchev–Trinajstić information content (AvgIpc) is 1.58. The van der Waals surface area contributed by atoms with Gasteiger partial charge in [-0.2, -0.15) is 0 Å². The van der Waals surface area contributed by atoms with Crippen LogP contribution in [0.1, 0.15) is 111 Å². The fourth-order valence-electron chi connectivity index (χ4n) is 29.1. The van der Waals surface area contributed by atoms with Crippen LogP contribution >= 0.6 is 7.92 Å². The summed E-state index contributed by atoms with van der Waals surface area (Å²) in [5, 5.41) is 69.5. The summed E-state index contributed by atoms with van der Waals surface area (Å²) in [5.74, 6) is 3.11. The predicted molar refractivity (Wildman–Crippen MR) is 317 cm³/mol. The molecule has 3 heteroatoms. The molecule has 0 heterocycles. The number of benzene rings is 15. The zero-order valence-corrected chi connectivity index (χ0v) is 45.8. The molecule has 21 aromatic rings. The summed E-state index contributed by atoms with van der Waals surface area (Å²) < 4.78 is 7.50. The molecule has 0 saturated heterocycles. The van der Waals surface area contributed by atoms with Crippen molar-refractivity contribution >= 4 is 223 Å². The molecular formula is C73H38OPRu+. The largest absolute Gasteiger partial charge is 2.00 e. The first-order chi connectivity index (χ1) is 36.2. The molecule has 1 fully saturated rings. The summed E-state index contributed by atoms with van der Waals surface area (Å²) in [5.41, 5.74) is 18.9. The molecule has 1 nitrogen and oxygen atoms in total. The van der Waals surface area contributed by atoms with E-state index in [1.54, 1.807) is 215 Å². The first-order valence-corrected chi connectivity index (χ1v) is 30.8. The number of rotatable bonds is 3. The Bertz CT molecular complexity index is 5400. The van der Waals surface area contributed by atoms with Gasteiger partial charge in [0, 0.05) is 27.1 Å². The van der Waals surface area contributed by atoms with Crippen LogP contribution in [0, 0.1) is 43.7 Å². The third-order valence-electron chi connectivity index (χ3n) is 29.3. The Hall–Kier alpha value is -5.71. The van der Waals surface area contributed by atoms with Crippen molar-refractivity contribution in [1.82, 2.24) is 0 Å². The van der Waals surface area contributed by atoms with Gasteiger partial charge in [-0.15, -0.1) is 7.92 Å². The van der Waals surface area contributed by atoms with E-state index in [1.165, 1.54) is 18.5 Å². The summed E-state index contributed by atoms with van der Waals surface area (Å²) in [6.45, 7) is 26.1. The summed E-state index contributed by atoms with van der Waals surface area (Å²) >= 11 is 0. The van der Waals surface area contributed by atoms with Gasteiger partial charge in [0.15, 0.2) is 0 Å². The Morgan fingerprint density at radius 3 is 0.421 bits per heavy atom. The SMILES string of the molecule is CC12c3c4c5c6c7c8c9c%10c%11c%12c%13c%14c%15c%16c%17c%18c(c1c1c3c3c5c5c%19c6c9c6c9c%10c%13c%10c%13c%14c%17c%14c%17c%18c1c1c3c5c3c(c1%17)c(c%14%13)c(c9%10)c3c%196)C%16(C)C1C2C(C(C1C%15%12C)C8%11C)C47C.CCP(CC)CC.[C-]#[O+].[CH3-].[Ru+2]. The van der Waals surface area contributed by atoms with Crippen LogP contribution in [0.4, 0.5) is 0 Å². The molecule has 0 radical (unpaired) electrons. The maximum absolute atomic E-state index is 7.50. The zero-order valence-electron chi connectivity index (χ0n) is 43.2. The molecule has 0 unspecified atom stereocenters. The predicted octanol–water partition coefficient (Wildman–Crippen LogP) is 18.8. The molecule has 1 saturated carbocycles. The van der Waals surface area contributed by atoms with Crippen LogP contribution in [0.15, 0.2) is 0 Å². The maximum Gasteiger partial charge on any atom is 2.00 e. The fraction of sp³-hybridized carbons (Fsp3) is 0.288. The monoisotopic (exact) mass is 1060 g/mol. The second-order valence-electron chi connectivity index (χ2n) is 29.0. The van der Waals surface area contributed by atoms with Gasteiger partial charge in [-0.05, 0) is 319 Å². The summed E-state index contributed by atoms with van der Waals surface area (Å²) in [6, 6.07) is 0. The van der Waals surface area contributed by atoms with E-state index in [4.69, 9.17) is 4.65 Å². The topological polar surface area (TPSA) is 19.9 Å². The van der Waals surface area contributed by atoms with Crippen LogP contribution < -0.4 is 0 Å². The van der Waals surface area contributed by atoms with Gasteiger partial charge in [0.2, 0.25) is 0 Å². The van der Waals surface area contributed by atoms with Crippen molar-refractivity contribution in [2.75, 3.05) is 18.5 Å². The smallest absolute Gasteiger partial charge is 0.358 e. The summed E-state index contributed by atoms with van der Waals surface area (Å²) in [4.78, 5) is 0. The van der Waals surface area contributed by atoms with Gasteiger partial charge in [-0.25, -0.2) is 0 Å². The Kier molecular flexibility index (Phi) is 4.06. The molecule has 11 aliphatic carbocycles. The summed E-state index contributed by atoms with van der Waals surface area (Å²) in [7, 11) is 0.446. The molecule has 348 valence electrons. The van der Waals surface area contributed by atoms with Gasteiger partial charge in [-0.3, -0.25) is 0 Å². The van der Waals surface area contributed by atoms with Crippen molar-refractivity contribution in [2.45, 2.75) is 82.5 Å². The quantitative estimate of drug-likeness (QED) is 0.0552. The van der Waals surface area contributed by atoms with Crippen molar-refractivity contribution in [2.24, 2.45) is 29.6 Å². The minimum Gasteiger partial charge on any atom is -0.358 e. The van der Waals surface area contributed by atoms with Crippen LogP contribution in [0.25, 0.3) is 215 Å². The van der Waals surface area contributed by atoms with Crippen molar-refractivity contribution < 1.29 is 24.1 Å². The molecule has 0 spiro atoms. The zero-order chi connectivity index (χ0) is 47.0. The molecule has 0 N–H and O–H groups in total. The van der Waals surface area contributed by atoms with Crippen LogP contribution in [0.3, 0.4) is 0 Å². The minimum absolute atomic E-state index is 0. The molecule has 0 aliphatic heterocycles. The molecular weight excluding hydrogens is 1020 g/mol. The molecule has 21 aromatic carbocycles. The third-order valence-corrected chi connectivity index (χ3v) is 32.0. The number of hydrogen-bond donors (Lipinski definition) is 0. The molecule has 0 amide bonds. The van der Waals surface area contributed by atoms with E-state index < -0.39 is 0 Å². The van der Waals surface area contributed by atoms with Gasteiger partial charge in [0.1, 0.15) is 0 Å². The fourth-order valence-corrected chi connectivity index (χ4v) is 30.5. The Morgan fingerprint density at radius 2 is 0.342 bits per heavy atom. The van der Waals surface area contributed by atoms with Crippen molar-refractivity contribution in [3.63, 3.8) is 0 Å². The molecule has 11 aliphatic rings. The minimum atomic E-state index is 0. The maximum atomic E-state index is 7.50. The molecule has 76 heavy (non-hydrogen) atoms. The Labute approximate surface area is 444 Å². The Morgan fingerprint density at radius 1 is 0.250 bits per heavy atom. The number of hydrogen-bond acceptors (Lipinski definition) is 0. The van der Waals surface area contributed by atoms with Gasteiger partial charge >= 0.3 is 30.8 Å². The van der Waals surface area contributed by atoms with Crippen molar-refractivity contribution in [1.29, 1.82) is 0 Å². The van der Waals surface area contributed by atoms with Crippen molar-refractivity contribution in [3.05, 3.63) is 69.7 Å². The molecule has 0 bridgehead atoms. The van der Waals surface area contributed by atoms with E-state index in [-0.39, 0.29) is 54.0 Å². The average molecular weight is 1060 g/mol. The van der Waals surface area contributed by atoms with Gasteiger partial charge in [-0.1, -0.05) is 55.4 Å². The van der Waals surface area contributed by atoms with Gasteiger partial charge in [0.25, 0.3) is 0 Å². The van der Waals surface area contributed by atoms with E-state index in [1.807, 2.05) is 55.6 Å². The Balaban J connectivity index is 0.000000318. The summed E-state index contributed by atoms with van der Waals surface area (Å²) in [6.07, 6.45) is 4.26. The molecule has 32 rings (SSSR count). The normalized spacial score (nSPS) is 32.8. The van der Waals surface area contributed by atoms with E-state index in [0.717, 1.165) is 0 Å². The first kappa shape index (κ1) is 36.4. The second kappa shape index (κ2) is 8.47. The van der Waals surface area contributed by atoms with Crippen LogP contribution in [0.5, 0.6) is 0 Å². The first-order valence-electron chi connectivity index (χ1n) is 28.9. The van der Waals surface area contributed by atoms with E-state index in [2.05, 4.69) is 62.0 Å². The van der Waals surface area contributed by atoms with Crippen LogP contribution in [0.2, 0.25) is 0 Å². The van der Waals surface area contributed by atoms with Crippen LogP contribution in [-0.4, -0.2) is 18.5 Å². The van der Waals surface area contributed by atoms with Crippen molar-refractivity contribution in [3.8, 4) is 0 Å².